The van der Waals surface area contributed by atoms with E-state index in [0.717, 1.165) is 6.26 Å². The van der Waals surface area contributed by atoms with Crippen molar-refractivity contribution in [3.8, 4) is 17.2 Å². The summed E-state index contributed by atoms with van der Waals surface area (Å²) in [6, 6.07) is 2.03. The molecule has 1 aliphatic heterocycles. The van der Waals surface area contributed by atoms with Gasteiger partial charge in [0.05, 0.1) is 17.9 Å². The highest BCUT2D eigenvalue weighted by atomic mass is 32.2. The Bertz CT molecular complexity index is 798. The molecule has 1 aromatic rings. The molecular formula is C15H19NO7S. The third-order valence-electron chi connectivity index (χ3n) is 3.28. The molecule has 0 aliphatic carbocycles. The summed E-state index contributed by atoms with van der Waals surface area (Å²) in [4.78, 5) is 22.6. The topological polar surface area (TPSA) is 108 Å². The number of fused-ring (bicyclic) bond motifs is 1. The molecule has 0 saturated heterocycles. The Labute approximate surface area is 140 Å². The Morgan fingerprint density at radius 1 is 1.17 bits per heavy atom. The molecule has 132 valence electrons. The third-order valence-corrected chi connectivity index (χ3v) is 3.95. The van der Waals surface area contributed by atoms with Gasteiger partial charge >= 0.3 is 11.9 Å². The molecule has 1 aromatic carbocycles. The van der Waals surface area contributed by atoms with Crippen molar-refractivity contribution >= 4 is 22.0 Å². The molecule has 9 heteroatoms. The maximum Gasteiger partial charge on any atom is 0.308 e. The first-order valence-corrected chi connectivity index (χ1v) is 8.99. The van der Waals surface area contributed by atoms with Crippen molar-refractivity contribution < 1.29 is 32.2 Å². The number of hydrogen-bond donors (Lipinski definition) is 1. The smallest absolute Gasteiger partial charge is 0.308 e. The molecule has 8 nitrogen and oxygen atoms in total. The molecule has 0 fully saturated rings. The van der Waals surface area contributed by atoms with Crippen molar-refractivity contribution in [1.82, 2.24) is 4.72 Å². The Morgan fingerprint density at radius 3 is 2.25 bits per heavy atom. The van der Waals surface area contributed by atoms with Gasteiger partial charge in [0.1, 0.15) is 22.8 Å². The monoisotopic (exact) mass is 357 g/mol. The van der Waals surface area contributed by atoms with Gasteiger partial charge in [0.25, 0.3) is 0 Å². The second-order valence-electron chi connectivity index (χ2n) is 6.05. The van der Waals surface area contributed by atoms with Crippen LogP contribution in [0.15, 0.2) is 12.1 Å². The van der Waals surface area contributed by atoms with Crippen LogP contribution in [-0.4, -0.2) is 32.2 Å². The van der Waals surface area contributed by atoms with E-state index in [4.69, 9.17) is 14.2 Å². The van der Waals surface area contributed by atoms with Crippen LogP contribution >= 0.6 is 0 Å². The summed E-state index contributed by atoms with van der Waals surface area (Å²) in [6.45, 7) is 5.83. The van der Waals surface area contributed by atoms with Gasteiger partial charge in [0.15, 0.2) is 0 Å². The maximum absolute atomic E-state index is 11.7. The predicted octanol–water partition coefficient (Wildman–Crippen LogP) is 1.30. The Hall–Kier alpha value is -2.13. The highest BCUT2D eigenvalue weighted by Gasteiger charge is 2.45. The molecule has 0 spiro atoms. The standard InChI is InChI=1S/C15H19NO7S/c1-8(17)21-10-6-11(22-9(2)18)13-12(7-10)23-15(3,4)14(13)16-24(5,19)20/h6-7,14,16H,1-5H3. The van der Waals surface area contributed by atoms with E-state index in [-0.39, 0.29) is 17.2 Å². The molecule has 2 rings (SSSR count). The van der Waals surface area contributed by atoms with Crippen molar-refractivity contribution in [2.24, 2.45) is 0 Å². The molecule has 1 aliphatic rings. The van der Waals surface area contributed by atoms with E-state index in [1.54, 1.807) is 13.8 Å². The van der Waals surface area contributed by atoms with Crippen molar-refractivity contribution in [1.29, 1.82) is 0 Å². The summed E-state index contributed by atoms with van der Waals surface area (Å²) in [6.07, 6.45) is 1.03. The number of benzene rings is 1. The summed E-state index contributed by atoms with van der Waals surface area (Å²) in [7, 11) is -3.55. The largest absolute Gasteiger partial charge is 0.485 e. The van der Waals surface area contributed by atoms with Crippen molar-refractivity contribution in [2.75, 3.05) is 6.26 Å². The van der Waals surface area contributed by atoms with Gasteiger partial charge in [-0.15, -0.1) is 0 Å². The molecule has 1 unspecified atom stereocenters. The van der Waals surface area contributed by atoms with E-state index in [0.29, 0.717) is 5.56 Å². The van der Waals surface area contributed by atoms with Gasteiger partial charge in [-0.1, -0.05) is 0 Å². The van der Waals surface area contributed by atoms with Crippen LogP contribution in [-0.2, 0) is 19.6 Å². The second kappa shape index (κ2) is 6.06. The van der Waals surface area contributed by atoms with E-state index in [2.05, 4.69) is 4.72 Å². The first-order chi connectivity index (χ1) is 10.9. The molecule has 0 bridgehead atoms. The van der Waals surface area contributed by atoms with E-state index in [1.165, 1.54) is 26.0 Å². The van der Waals surface area contributed by atoms with Gasteiger partial charge < -0.3 is 14.2 Å². The molecule has 1 atom stereocenters. The lowest BCUT2D eigenvalue weighted by molar-refractivity contribution is -0.132. The van der Waals surface area contributed by atoms with Crippen LogP contribution in [0.25, 0.3) is 0 Å². The number of carbonyl (C=O) groups excluding carboxylic acids is 2. The Balaban J connectivity index is 2.60. The number of rotatable bonds is 4. The first kappa shape index (κ1) is 18.2. The third kappa shape index (κ3) is 4.04. The number of nitrogens with one attached hydrogen (secondary N) is 1. The predicted molar refractivity (Wildman–Crippen MR) is 84.5 cm³/mol. The van der Waals surface area contributed by atoms with E-state index >= 15 is 0 Å². The molecule has 0 amide bonds. The zero-order valence-electron chi connectivity index (χ0n) is 14.0. The van der Waals surface area contributed by atoms with E-state index in [1.807, 2.05) is 0 Å². The normalized spacial score (nSPS) is 18.5. The minimum atomic E-state index is -3.55. The highest BCUT2D eigenvalue weighted by Crippen LogP contribution is 2.49. The fourth-order valence-corrected chi connectivity index (χ4v) is 3.34. The van der Waals surface area contributed by atoms with Crippen molar-refractivity contribution in [2.45, 2.75) is 39.3 Å². The summed E-state index contributed by atoms with van der Waals surface area (Å²) in [5.41, 5.74) is -0.564. The molecule has 0 saturated carbocycles. The van der Waals surface area contributed by atoms with Crippen LogP contribution in [0.2, 0.25) is 0 Å². The molecule has 24 heavy (non-hydrogen) atoms. The van der Waals surface area contributed by atoms with Crippen LogP contribution in [0.3, 0.4) is 0 Å². The van der Waals surface area contributed by atoms with Gasteiger partial charge in [0, 0.05) is 26.0 Å². The lowest BCUT2D eigenvalue weighted by Gasteiger charge is -2.26. The zero-order valence-corrected chi connectivity index (χ0v) is 14.8. The number of carbonyl (C=O) groups is 2. The quantitative estimate of drug-likeness (QED) is 0.639. The van der Waals surface area contributed by atoms with Crippen LogP contribution in [0.1, 0.15) is 39.3 Å². The molecule has 1 N–H and O–H groups in total. The van der Waals surface area contributed by atoms with Gasteiger partial charge in [0.2, 0.25) is 10.0 Å². The van der Waals surface area contributed by atoms with E-state index in [9.17, 15) is 18.0 Å². The Kier molecular flexibility index (Phi) is 4.60. The zero-order chi connectivity index (χ0) is 18.3. The second-order valence-corrected chi connectivity index (χ2v) is 7.83. The van der Waals surface area contributed by atoms with Gasteiger partial charge in [-0.3, -0.25) is 9.59 Å². The molecule has 1 heterocycles. The fourth-order valence-electron chi connectivity index (χ4n) is 2.51. The molecule has 0 radical (unpaired) electrons. The van der Waals surface area contributed by atoms with Crippen LogP contribution < -0.4 is 18.9 Å². The first-order valence-electron chi connectivity index (χ1n) is 7.10. The lowest BCUT2D eigenvalue weighted by Crippen LogP contribution is -2.41. The van der Waals surface area contributed by atoms with E-state index < -0.39 is 33.6 Å². The summed E-state index contributed by atoms with van der Waals surface area (Å²) in [5.74, 6) is -0.667. The van der Waals surface area contributed by atoms with Crippen LogP contribution in [0.5, 0.6) is 17.2 Å². The van der Waals surface area contributed by atoms with Crippen molar-refractivity contribution in [3.05, 3.63) is 17.7 Å². The van der Waals surface area contributed by atoms with Crippen LogP contribution in [0, 0.1) is 0 Å². The van der Waals surface area contributed by atoms with Gasteiger partial charge in [-0.2, -0.15) is 0 Å². The highest BCUT2D eigenvalue weighted by molar-refractivity contribution is 7.88. The molecular weight excluding hydrogens is 338 g/mol. The minimum Gasteiger partial charge on any atom is -0.485 e. The van der Waals surface area contributed by atoms with Gasteiger partial charge in [-0.05, 0) is 13.8 Å². The summed E-state index contributed by atoms with van der Waals surface area (Å²) < 4.78 is 41.8. The summed E-state index contributed by atoms with van der Waals surface area (Å²) in [5, 5.41) is 0. The number of esters is 2. The van der Waals surface area contributed by atoms with Gasteiger partial charge in [-0.25, -0.2) is 13.1 Å². The average Bonchev–Trinajstić information content (AvgIpc) is 2.56. The minimum absolute atomic E-state index is 0.0722. The molecule has 0 aromatic heterocycles. The lowest BCUT2D eigenvalue weighted by atomic mass is 9.95. The summed E-state index contributed by atoms with van der Waals surface area (Å²) >= 11 is 0. The maximum atomic E-state index is 11.7. The van der Waals surface area contributed by atoms with Crippen molar-refractivity contribution in [3.63, 3.8) is 0 Å². The average molecular weight is 357 g/mol. The number of sulfonamides is 1. The number of ether oxygens (including phenoxy) is 3. The Morgan fingerprint density at radius 2 is 1.75 bits per heavy atom. The SMILES string of the molecule is CC(=O)Oc1cc(OC(C)=O)c2c(c1)OC(C)(C)C2NS(C)(=O)=O. The fraction of sp³-hybridized carbons (Fsp3) is 0.467. The number of hydrogen-bond acceptors (Lipinski definition) is 7. The van der Waals surface area contributed by atoms with Crippen LogP contribution in [0.4, 0.5) is 0 Å².